The van der Waals surface area contributed by atoms with Gasteiger partial charge < -0.3 is 4.74 Å². The fourth-order valence-electron chi connectivity index (χ4n) is 2.59. The highest BCUT2D eigenvalue weighted by molar-refractivity contribution is 7.89. The Morgan fingerprint density at radius 2 is 1.81 bits per heavy atom. The Balaban J connectivity index is 1.99. The summed E-state index contributed by atoms with van der Waals surface area (Å²) in [5.74, 6) is -0.0445. The number of ether oxygens (including phenoxy) is 1. The molecule has 0 aromatic heterocycles. The van der Waals surface area contributed by atoms with Crippen molar-refractivity contribution in [2.45, 2.75) is 37.0 Å². The van der Waals surface area contributed by atoms with Crippen LogP contribution in [0, 0.1) is 5.92 Å². The first-order valence-corrected chi connectivity index (χ1v) is 8.69. The van der Waals surface area contributed by atoms with Crippen LogP contribution in [0.5, 0.6) is 0 Å². The molecule has 2 rings (SSSR count). The molecule has 1 aromatic rings. The molecule has 1 aliphatic rings. The van der Waals surface area contributed by atoms with Crippen molar-refractivity contribution in [1.82, 2.24) is 4.72 Å². The zero-order valence-corrected chi connectivity index (χ0v) is 13.0. The van der Waals surface area contributed by atoms with Crippen LogP contribution in [0.2, 0.25) is 0 Å². The van der Waals surface area contributed by atoms with Crippen molar-refractivity contribution in [3.05, 3.63) is 29.8 Å². The summed E-state index contributed by atoms with van der Waals surface area (Å²) in [6.45, 7) is 0.487. The predicted molar refractivity (Wildman–Crippen MR) is 79.5 cm³/mol. The number of hydrogen-bond donors (Lipinski definition) is 1. The summed E-state index contributed by atoms with van der Waals surface area (Å²) < 4.78 is 31.6. The van der Waals surface area contributed by atoms with E-state index < -0.39 is 16.0 Å². The van der Waals surface area contributed by atoms with Gasteiger partial charge in [0, 0.05) is 6.54 Å². The van der Waals surface area contributed by atoms with E-state index in [0.717, 1.165) is 12.8 Å². The highest BCUT2D eigenvalue weighted by atomic mass is 32.2. The third kappa shape index (κ3) is 4.28. The monoisotopic (exact) mass is 311 g/mol. The Hall–Kier alpha value is -1.40. The molecule has 0 heterocycles. The van der Waals surface area contributed by atoms with E-state index in [2.05, 4.69) is 9.46 Å². The van der Waals surface area contributed by atoms with Gasteiger partial charge >= 0.3 is 5.97 Å². The Morgan fingerprint density at radius 1 is 1.19 bits per heavy atom. The van der Waals surface area contributed by atoms with E-state index in [1.54, 1.807) is 0 Å². The van der Waals surface area contributed by atoms with Crippen molar-refractivity contribution in [1.29, 1.82) is 0 Å². The van der Waals surface area contributed by atoms with Gasteiger partial charge in [-0.3, -0.25) is 0 Å². The number of sulfonamides is 1. The molecule has 5 nitrogen and oxygen atoms in total. The Labute approximate surface area is 125 Å². The molecule has 0 saturated heterocycles. The van der Waals surface area contributed by atoms with E-state index in [-0.39, 0.29) is 4.90 Å². The highest BCUT2D eigenvalue weighted by Crippen LogP contribution is 2.23. The van der Waals surface area contributed by atoms with Crippen LogP contribution in [0.3, 0.4) is 0 Å². The van der Waals surface area contributed by atoms with Crippen molar-refractivity contribution in [3.8, 4) is 0 Å². The maximum absolute atomic E-state index is 12.2. The second-order valence-electron chi connectivity index (χ2n) is 5.37. The Kier molecular flexibility index (Phi) is 5.36. The fraction of sp³-hybridized carbons (Fsp3) is 0.533. The number of rotatable bonds is 5. The van der Waals surface area contributed by atoms with Crippen LogP contribution in [-0.2, 0) is 14.8 Å². The van der Waals surface area contributed by atoms with Gasteiger partial charge in [0.2, 0.25) is 10.0 Å². The lowest BCUT2D eigenvalue weighted by atomic mass is 9.90. The molecule has 0 amide bonds. The number of hydrogen-bond acceptors (Lipinski definition) is 4. The summed E-state index contributed by atoms with van der Waals surface area (Å²) in [5, 5.41) is 0. The van der Waals surface area contributed by atoms with Crippen LogP contribution in [0.25, 0.3) is 0 Å². The molecule has 0 atom stereocenters. The van der Waals surface area contributed by atoms with Crippen LogP contribution < -0.4 is 4.72 Å². The van der Waals surface area contributed by atoms with Gasteiger partial charge in [0.1, 0.15) is 0 Å². The van der Waals surface area contributed by atoms with E-state index in [4.69, 9.17) is 0 Å². The lowest BCUT2D eigenvalue weighted by Gasteiger charge is -2.21. The zero-order valence-electron chi connectivity index (χ0n) is 12.2. The maximum atomic E-state index is 12.2. The van der Waals surface area contributed by atoms with Gasteiger partial charge in [0.05, 0.1) is 17.6 Å². The van der Waals surface area contributed by atoms with E-state index in [0.29, 0.717) is 18.0 Å². The van der Waals surface area contributed by atoms with Crippen molar-refractivity contribution >= 4 is 16.0 Å². The molecule has 6 heteroatoms. The highest BCUT2D eigenvalue weighted by Gasteiger charge is 2.19. The number of esters is 1. The molecule has 1 N–H and O–H groups in total. The molecule has 116 valence electrons. The van der Waals surface area contributed by atoms with Gasteiger partial charge in [-0.15, -0.1) is 0 Å². The minimum absolute atomic E-state index is 0.172. The molecule has 1 fully saturated rings. The first kappa shape index (κ1) is 16.0. The first-order valence-electron chi connectivity index (χ1n) is 7.21. The molecular formula is C15H21NO4S. The summed E-state index contributed by atoms with van der Waals surface area (Å²) in [6, 6.07) is 5.77. The van der Waals surface area contributed by atoms with Crippen molar-refractivity contribution < 1.29 is 17.9 Å². The van der Waals surface area contributed by atoms with Crippen LogP contribution in [-0.4, -0.2) is 28.0 Å². The lowest BCUT2D eigenvalue weighted by Crippen LogP contribution is -2.30. The standard InChI is InChI=1S/C15H21NO4S/c1-20-15(17)13-7-9-14(10-8-13)21(18,19)16-11-12-5-3-2-4-6-12/h7-10,12,16H,2-6,11H2,1H3. The molecule has 0 unspecified atom stereocenters. The minimum Gasteiger partial charge on any atom is -0.465 e. The number of carbonyl (C=O) groups excluding carboxylic acids is 1. The summed E-state index contributed by atoms with van der Waals surface area (Å²) in [4.78, 5) is 11.5. The minimum atomic E-state index is -3.51. The van der Waals surface area contributed by atoms with Crippen LogP contribution in [0.1, 0.15) is 42.5 Å². The fourth-order valence-corrected chi connectivity index (χ4v) is 3.71. The van der Waals surface area contributed by atoms with Crippen LogP contribution in [0.4, 0.5) is 0 Å². The molecule has 1 aromatic carbocycles. The van der Waals surface area contributed by atoms with Gasteiger partial charge in [-0.2, -0.15) is 0 Å². The van der Waals surface area contributed by atoms with Crippen LogP contribution in [0.15, 0.2) is 29.2 Å². The first-order chi connectivity index (χ1) is 10.0. The number of nitrogens with one attached hydrogen (secondary N) is 1. The van der Waals surface area contributed by atoms with E-state index >= 15 is 0 Å². The maximum Gasteiger partial charge on any atom is 0.337 e. The zero-order chi connectivity index (χ0) is 15.3. The lowest BCUT2D eigenvalue weighted by molar-refractivity contribution is 0.0600. The third-order valence-electron chi connectivity index (χ3n) is 3.87. The quantitative estimate of drug-likeness (QED) is 0.847. The molecule has 0 spiro atoms. The topological polar surface area (TPSA) is 72.5 Å². The Morgan fingerprint density at radius 3 is 2.38 bits per heavy atom. The predicted octanol–water partition coefficient (Wildman–Crippen LogP) is 2.33. The van der Waals surface area contributed by atoms with Gasteiger partial charge in [-0.05, 0) is 43.0 Å². The summed E-state index contributed by atoms with van der Waals surface area (Å²) in [6.07, 6.45) is 5.78. The average molecular weight is 311 g/mol. The largest absolute Gasteiger partial charge is 0.465 e. The number of benzene rings is 1. The smallest absolute Gasteiger partial charge is 0.337 e. The molecule has 1 saturated carbocycles. The summed E-state index contributed by atoms with van der Waals surface area (Å²) in [5.41, 5.74) is 0.337. The SMILES string of the molecule is COC(=O)c1ccc(S(=O)(=O)NCC2CCCCC2)cc1. The van der Waals surface area contributed by atoms with Gasteiger partial charge in [-0.25, -0.2) is 17.9 Å². The second-order valence-corrected chi connectivity index (χ2v) is 7.14. The molecular weight excluding hydrogens is 290 g/mol. The molecule has 0 aliphatic heterocycles. The van der Waals surface area contributed by atoms with Gasteiger partial charge in [0.25, 0.3) is 0 Å². The molecule has 0 radical (unpaired) electrons. The molecule has 1 aliphatic carbocycles. The Bertz CT molecular complexity index is 574. The van der Waals surface area contributed by atoms with Crippen LogP contribution >= 0.6 is 0 Å². The number of carbonyl (C=O) groups is 1. The van der Waals surface area contributed by atoms with Crippen molar-refractivity contribution in [2.24, 2.45) is 5.92 Å². The van der Waals surface area contributed by atoms with E-state index in [1.165, 1.54) is 50.6 Å². The van der Waals surface area contributed by atoms with E-state index in [9.17, 15) is 13.2 Å². The van der Waals surface area contributed by atoms with Gasteiger partial charge in [-0.1, -0.05) is 19.3 Å². The summed E-state index contributed by atoms with van der Waals surface area (Å²) in [7, 11) is -2.22. The summed E-state index contributed by atoms with van der Waals surface area (Å²) >= 11 is 0. The third-order valence-corrected chi connectivity index (χ3v) is 5.31. The normalized spacial score (nSPS) is 16.6. The van der Waals surface area contributed by atoms with Gasteiger partial charge in [0.15, 0.2) is 0 Å². The second kappa shape index (κ2) is 7.04. The molecule has 21 heavy (non-hydrogen) atoms. The van der Waals surface area contributed by atoms with Crippen molar-refractivity contribution in [2.75, 3.05) is 13.7 Å². The number of methoxy groups -OCH3 is 1. The van der Waals surface area contributed by atoms with E-state index in [1.807, 2.05) is 0 Å². The van der Waals surface area contributed by atoms with Crippen molar-refractivity contribution in [3.63, 3.8) is 0 Å². The average Bonchev–Trinajstić information content (AvgIpc) is 2.53. The molecule has 0 bridgehead atoms.